The van der Waals surface area contributed by atoms with Crippen molar-refractivity contribution in [3.8, 4) is 16.9 Å². The van der Waals surface area contributed by atoms with Crippen LogP contribution in [0.2, 0.25) is 0 Å². The first kappa shape index (κ1) is 34.0. The van der Waals surface area contributed by atoms with Crippen LogP contribution in [-0.2, 0) is 31.9 Å². The molecule has 8 heteroatoms. The summed E-state index contributed by atoms with van der Waals surface area (Å²) >= 11 is 0. The minimum Gasteiger partial charge on any atom is -0.488 e. The Bertz CT molecular complexity index is 1680. The van der Waals surface area contributed by atoms with E-state index in [2.05, 4.69) is 29.3 Å². The quantitative estimate of drug-likeness (QED) is 0.123. The summed E-state index contributed by atoms with van der Waals surface area (Å²) in [4.78, 5) is 40.3. The molecule has 0 spiro atoms. The minimum atomic E-state index is -1.06. The second-order valence-electron chi connectivity index (χ2n) is 12.8. The molecule has 1 aliphatic carbocycles. The first-order valence-corrected chi connectivity index (χ1v) is 16.1. The molecule has 5 rings (SSSR count). The van der Waals surface area contributed by atoms with Gasteiger partial charge in [-0.05, 0) is 66.3 Å². The van der Waals surface area contributed by atoms with E-state index in [4.69, 9.17) is 14.2 Å². The zero-order chi connectivity index (χ0) is 34.1. The van der Waals surface area contributed by atoms with E-state index in [1.807, 2.05) is 112 Å². The van der Waals surface area contributed by atoms with Crippen molar-refractivity contribution in [2.24, 2.45) is 0 Å². The van der Waals surface area contributed by atoms with Crippen LogP contribution in [0.1, 0.15) is 48.9 Å². The zero-order valence-electron chi connectivity index (χ0n) is 27.6. The smallest absolute Gasteiger partial charge is 0.407 e. The Morgan fingerprint density at radius 2 is 1.29 bits per heavy atom. The normalized spacial score (nSPS) is 13.3. The largest absolute Gasteiger partial charge is 0.488 e. The van der Waals surface area contributed by atoms with Crippen molar-refractivity contribution in [2.45, 2.75) is 57.2 Å². The molecule has 248 valence electrons. The summed E-state index contributed by atoms with van der Waals surface area (Å²) in [5, 5.41) is 5.59. The highest BCUT2D eigenvalue weighted by Gasteiger charge is 2.31. The lowest BCUT2D eigenvalue weighted by Gasteiger charge is -2.24. The maximum Gasteiger partial charge on any atom is 0.407 e. The van der Waals surface area contributed by atoms with E-state index >= 15 is 0 Å². The average Bonchev–Trinajstić information content (AvgIpc) is 3.39. The summed E-state index contributed by atoms with van der Waals surface area (Å²) in [5.74, 6) is -0.601. The molecule has 2 amide bonds. The van der Waals surface area contributed by atoms with E-state index in [1.54, 1.807) is 0 Å². The highest BCUT2D eigenvalue weighted by Crippen LogP contribution is 2.44. The molecule has 0 saturated heterocycles. The molecule has 0 aromatic heterocycles. The van der Waals surface area contributed by atoms with E-state index in [-0.39, 0.29) is 37.6 Å². The van der Waals surface area contributed by atoms with Gasteiger partial charge in [0.25, 0.3) is 0 Å². The van der Waals surface area contributed by atoms with Gasteiger partial charge < -0.3 is 24.8 Å². The molecule has 0 radical (unpaired) electrons. The van der Waals surface area contributed by atoms with Crippen LogP contribution in [0.4, 0.5) is 4.79 Å². The Hall–Kier alpha value is -5.37. The van der Waals surface area contributed by atoms with Gasteiger partial charge in [0.1, 0.15) is 36.6 Å². The summed E-state index contributed by atoms with van der Waals surface area (Å²) in [7, 11) is 0. The number of ether oxygens (including phenoxy) is 3. The van der Waals surface area contributed by atoms with Crippen molar-refractivity contribution in [3.63, 3.8) is 0 Å². The Morgan fingerprint density at radius 3 is 1.90 bits per heavy atom. The number of alkyl carbamates (subject to hydrolysis) is 1. The second kappa shape index (κ2) is 15.5. The number of benzene rings is 4. The van der Waals surface area contributed by atoms with E-state index < -0.39 is 30.1 Å². The van der Waals surface area contributed by atoms with E-state index in [9.17, 15) is 14.4 Å². The number of rotatable bonds is 13. The molecule has 0 aliphatic heterocycles. The fourth-order valence-electron chi connectivity index (χ4n) is 5.83. The lowest BCUT2D eigenvalue weighted by Crippen LogP contribution is -2.53. The van der Waals surface area contributed by atoms with Crippen LogP contribution < -0.4 is 15.4 Å². The van der Waals surface area contributed by atoms with Crippen LogP contribution in [0.3, 0.4) is 0 Å². The van der Waals surface area contributed by atoms with Gasteiger partial charge in [-0.1, -0.05) is 104 Å². The maximum absolute atomic E-state index is 13.9. The number of carbonyl (C=O) groups excluding carboxylic acids is 3. The van der Waals surface area contributed by atoms with Gasteiger partial charge in [-0.3, -0.25) is 4.79 Å². The molecule has 4 aromatic rings. The molecule has 8 nitrogen and oxygen atoms in total. The predicted molar refractivity (Wildman–Crippen MR) is 186 cm³/mol. The predicted octanol–water partition coefficient (Wildman–Crippen LogP) is 6.77. The van der Waals surface area contributed by atoms with Gasteiger partial charge in [0, 0.05) is 18.8 Å². The first-order chi connectivity index (χ1) is 23.1. The third-order valence-electron chi connectivity index (χ3n) is 7.97. The summed E-state index contributed by atoms with van der Waals surface area (Å²) in [5.41, 5.74) is 5.65. The Kier molecular flexibility index (Phi) is 11.0. The lowest BCUT2D eigenvalue weighted by atomic mass is 9.98. The van der Waals surface area contributed by atoms with Crippen molar-refractivity contribution in [1.82, 2.24) is 10.6 Å². The third-order valence-corrected chi connectivity index (χ3v) is 7.97. The van der Waals surface area contributed by atoms with Crippen molar-refractivity contribution in [3.05, 3.63) is 138 Å². The van der Waals surface area contributed by atoms with Crippen LogP contribution in [0.15, 0.2) is 116 Å². The second-order valence-corrected chi connectivity index (χ2v) is 12.8. The van der Waals surface area contributed by atoms with Gasteiger partial charge in [-0.25, -0.2) is 9.59 Å². The number of nitrogens with one attached hydrogen (secondary N) is 2. The summed E-state index contributed by atoms with van der Waals surface area (Å²) in [6.07, 6.45) is 1.08. The standard InChI is InChI=1S/C40H42N2O6/c1-5-23-46-38(44)36(25-27-13-7-6-8-14-27)41-37(43)35(24-28-19-21-29(22-20-28)48-40(2,3)4)42-39(45)47-26-34-32-17-11-9-15-30(32)31-16-10-12-18-33(31)34/h5-22,34-36H,1,23-26H2,2-4H3,(H,41,43)(H,42,45)/t35-,36-/m0/s1. The molecule has 0 bridgehead atoms. The Morgan fingerprint density at radius 1 is 0.729 bits per heavy atom. The lowest BCUT2D eigenvalue weighted by molar-refractivity contribution is -0.146. The Labute approximate surface area is 282 Å². The molecule has 48 heavy (non-hydrogen) atoms. The van der Waals surface area contributed by atoms with Crippen molar-refractivity contribution >= 4 is 18.0 Å². The molecule has 0 heterocycles. The highest BCUT2D eigenvalue weighted by molar-refractivity contribution is 5.90. The maximum atomic E-state index is 13.9. The van der Waals surface area contributed by atoms with Crippen LogP contribution in [0.5, 0.6) is 5.75 Å². The molecule has 2 N–H and O–H groups in total. The van der Waals surface area contributed by atoms with Gasteiger partial charge in [0.15, 0.2) is 0 Å². The van der Waals surface area contributed by atoms with E-state index in [0.717, 1.165) is 33.4 Å². The van der Waals surface area contributed by atoms with Crippen LogP contribution in [0.25, 0.3) is 11.1 Å². The van der Waals surface area contributed by atoms with Crippen molar-refractivity contribution in [2.75, 3.05) is 13.2 Å². The zero-order valence-corrected chi connectivity index (χ0v) is 27.6. The van der Waals surface area contributed by atoms with Gasteiger partial charge in [-0.2, -0.15) is 0 Å². The number of hydrogen-bond acceptors (Lipinski definition) is 6. The topological polar surface area (TPSA) is 103 Å². The fourth-order valence-corrected chi connectivity index (χ4v) is 5.83. The summed E-state index contributed by atoms with van der Waals surface area (Å²) < 4.78 is 17.0. The number of carbonyl (C=O) groups is 3. The van der Waals surface area contributed by atoms with Crippen LogP contribution in [0, 0.1) is 0 Å². The fraction of sp³-hybridized carbons (Fsp3) is 0.275. The molecule has 2 atom stereocenters. The molecule has 0 unspecified atom stereocenters. The third kappa shape index (κ3) is 8.91. The molecular formula is C40H42N2O6. The molecule has 0 fully saturated rings. The van der Waals surface area contributed by atoms with E-state index in [1.165, 1.54) is 6.08 Å². The van der Waals surface area contributed by atoms with Gasteiger partial charge in [0.2, 0.25) is 5.91 Å². The number of hydrogen-bond donors (Lipinski definition) is 2. The molecule has 0 saturated carbocycles. The molecule has 1 aliphatic rings. The summed E-state index contributed by atoms with van der Waals surface area (Å²) in [6.45, 7) is 9.60. The Balaban J connectivity index is 1.33. The van der Waals surface area contributed by atoms with Crippen molar-refractivity contribution < 1.29 is 28.6 Å². The van der Waals surface area contributed by atoms with E-state index in [0.29, 0.717) is 5.75 Å². The number of amides is 2. The van der Waals surface area contributed by atoms with Gasteiger partial charge >= 0.3 is 12.1 Å². The van der Waals surface area contributed by atoms with Gasteiger partial charge in [-0.15, -0.1) is 0 Å². The highest BCUT2D eigenvalue weighted by atomic mass is 16.5. The number of fused-ring (bicyclic) bond motifs is 3. The summed E-state index contributed by atoms with van der Waals surface area (Å²) in [6, 6.07) is 30.8. The van der Waals surface area contributed by atoms with Crippen molar-refractivity contribution in [1.29, 1.82) is 0 Å². The van der Waals surface area contributed by atoms with Gasteiger partial charge in [0.05, 0.1) is 0 Å². The monoisotopic (exact) mass is 646 g/mol. The molecule has 4 aromatic carbocycles. The first-order valence-electron chi connectivity index (χ1n) is 16.1. The average molecular weight is 647 g/mol. The SMILES string of the molecule is C=CCOC(=O)[C@H](Cc1ccccc1)NC(=O)[C@H](Cc1ccc(OC(C)(C)C)cc1)NC(=O)OCC1c2ccccc2-c2ccccc21. The number of esters is 1. The van der Waals surface area contributed by atoms with Crippen LogP contribution >= 0.6 is 0 Å². The van der Waals surface area contributed by atoms with Crippen LogP contribution in [-0.4, -0.2) is 48.9 Å². The minimum absolute atomic E-state index is 0.00437. The molecular weight excluding hydrogens is 604 g/mol.